The average Bonchev–Trinajstić information content (AvgIpc) is 2.78. The van der Waals surface area contributed by atoms with Crippen LogP contribution in [0.3, 0.4) is 0 Å². The van der Waals surface area contributed by atoms with E-state index in [2.05, 4.69) is 5.32 Å². The van der Waals surface area contributed by atoms with Crippen LogP contribution >= 0.6 is 11.6 Å². The first-order valence-electron chi connectivity index (χ1n) is 5.30. The number of methoxy groups -OCH3 is 1. The minimum Gasteiger partial charge on any atom is -0.468 e. The minimum atomic E-state index is -0.184. The number of nitrogens with one attached hydrogen (secondary N) is 1. The van der Waals surface area contributed by atoms with Gasteiger partial charge in [-0.1, -0.05) is 23.7 Å². The first-order valence-corrected chi connectivity index (χ1v) is 5.68. The highest BCUT2D eigenvalue weighted by Gasteiger charge is 2.30. The van der Waals surface area contributed by atoms with E-state index in [1.165, 1.54) is 7.11 Å². The number of ether oxygens (including phenoxy) is 1. The lowest BCUT2D eigenvalue weighted by molar-refractivity contribution is -0.142. The van der Waals surface area contributed by atoms with Crippen LogP contribution in [0.5, 0.6) is 0 Å². The maximum Gasteiger partial charge on any atom is 0.322 e. The molecule has 1 heterocycles. The number of esters is 1. The van der Waals surface area contributed by atoms with E-state index in [1.807, 2.05) is 24.3 Å². The van der Waals surface area contributed by atoms with Crippen LogP contribution in [0.2, 0.25) is 5.02 Å². The molecule has 2 rings (SSSR count). The summed E-state index contributed by atoms with van der Waals surface area (Å²) in [6.07, 6.45) is 1.77. The molecule has 0 amide bonds. The van der Waals surface area contributed by atoms with Crippen LogP contribution in [-0.2, 0) is 9.53 Å². The Bertz CT molecular complexity index is 377. The highest BCUT2D eigenvalue weighted by molar-refractivity contribution is 6.30. The fourth-order valence-corrected chi connectivity index (χ4v) is 2.15. The maximum absolute atomic E-state index is 11.3. The summed E-state index contributed by atoms with van der Waals surface area (Å²) in [5.74, 6) is -0.184. The fraction of sp³-hybridized carbons (Fsp3) is 0.417. The van der Waals surface area contributed by atoms with Crippen LogP contribution in [0.1, 0.15) is 24.4 Å². The van der Waals surface area contributed by atoms with Gasteiger partial charge in [0.15, 0.2) is 0 Å². The minimum absolute atomic E-state index is 0.175. The molecule has 2 atom stereocenters. The molecular formula is C12H14ClNO2. The lowest BCUT2D eigenvalue weighted by Crippen LogP contribution is -2.33. The highest BCUT2D eigenvalue weighted by atomic mass is 35.5. The fourth-order valence-electron chi connectivity index (χ4n) is 2.03. The first kappa shape index (κ1) is 11.4. The summed E-state index contributed by atoms with van der Waals surface area (Å²) < 4.78 is 4.71. The Morgan fingerprint density at radius 3 is 2.69 bits per heavy atom. The molecule has 1 aromatic carbocycles. The van der Waals surface area contributed by atoms with Crippen molar-refractivity contribution in [1.82, 2.24) is 5.32 Å². The quantitative estimate of drug-likeness (QED) is 0.805. The van der Waals surface area contributed by atoms with Gasteiger partial charge in [0, 0.05) is 11.1 Å². The topological polar surface area (TPSA) is 38.3 Å². The number of carbonyl (C=O) groups is 1. The van der Waals surface area contributed by atoms with Crippen molar-refractivity contribution in [3.63, 3.8) is 0 Å². The summed E-state index contributed by atoms with van der Waals surface area (Å²) in [4.78, 5) is 11.3. The van der Waals surface area contributed by atoms with E-state index in [0.29, 0.717) is 0 Å². The summed E-state index contributed by atoms with van der Waals surface area (Å²) in [6, 6.07) is 7.75. The van der Waals surface area contributed by atoms with Gasteiger partial charge in [0.1, 0.15) is 6.04 Å². The molecule has 1 aliphatic heterocycles. The molecule has 1 fully saturated rings. The Balaban J connectivity index is 2.03. The molecule has 0 aromatic heterocycles. The molecule has 3 nitrogen and oxygen atoms in total. The van der Waals surface area contributed by atoms with Crippen molar-refractivity contribution >= 4 is 17.6 Å². The molecule has 1 aromatic rings. The van der Waals surface area contributed by atoms with Crippen LogP contribution in [0, 0.1) is 0 Å². The highest BCUT2D eigenvalue weighted by Crippen LogP contribution is 2.27. The first-order chi connectivity index (χ1) is 7.70. The van der Waals surface area contributed by atoms with E-state index in [4.69, 9.17) is 16.3 Å². The van der Waals surface area contributed by atoms with Crippen molar-refractivity contribution < 1.29 is 9.53 Å². The Kier molecular flexibility index (Phi) is 3.46. The van der Waals surface area contributed by atoms with Crippen molar-refractivity contribution in [2.75, 3.05) is 7.11 Å². The Morgan fingerprint density at radius 2 is 2.06 bits per heavy atom. The van der Waals surface area contributed by atoms with Crippen LogP contribution in [0.25, 0.3) is 0 Å². The number of hydrogen-bond donors (Lipinski definition) is 1. The number of halogens is 1. The molecule has 0 radical (unpaired) electrons. The molecule has 86 valence electrons. The van der Waals surface area contributed by atoms with Gasteiger partial charge in [-0.2, -0.15) is 0 Å². The third kappa shape index (κ3) is 2.36. The zero-order chi connectivity index (χ0) is 11.5. The molecule has 16 heavy (non-hydrogen) atoms. The molecular weight excluding hydrogens is 226 g/mol. The van der Waals surface area contributed by atoms with Gasteiger partial charge in [0.25, 0.3) is 0 Å². The van der Waals surface area contributed by atoms with Gasteiger partial charge >= 0.3 is 5.97 Å². The average molecular weight is 240 g/mol. The molecule has 0 spiro atoms. The zero-order valence-electron chi connectivity index (χ0n) is 9.07. The van der Waals surface area contributed by atoms with Gasteiger partial charge < -0.3 is 4.74 Å². The third-order valence-corrected chi connectivity index (χ3v) is 3.16. The van der Waals surface area contributed by atoms with Gasteiger partial charge in [-0.25, -0.2) is 0 Å². The van der Waals surface area contributed by atoms with E-state index >= 15 is 0 Å². The van der Waals surface area contributed by atoms with Gasteiger partial charge in [0.2, 0.25) is 0 Å². The van der Waals surface area contributed by atoms with E-state index in [1.54, 1.807) is 0 Å². The second kappa shape index (κ2) is 4.85. The molecule has 0 unspecified atom stereocenters. The molecule has 0 bridgehead atoms. The maximum atomic E-state index is 11.3. The second-order valence-electron chi connectivity index (χ2n) is 3.92. The van der Waals surface area contributed by atoms with Gasteiger partial charge in [-0.15, -0.1) is 0 Å². The SMILES string of the molecule is COC(=O)[C@@H]1CC[C@@H](c2ccc(Cl)cc2)N1. The molecule has 1 aliphatic rings. The van der Waals surface area contributed by atoms with E-state index < -0.39 is 0 Å². The third-order valence-electron chi connectivity index (χ3n) is 2.90. The Morgan fingerprint density at radius 1 is 1.38 bits per heavy atom. The van der Waals surface area contributed by atoms with Crippen molar-refractivity contribution in [2.24, 2.45) is 0 Å². The Labute approximate surface area is 99.7 Å². The molecule has 0 aliphatic carbocycles. The molecule has 4 heteroatoms. The smallest absolute Gasteiger partial charge is 0.322 e. The summed E-state index contributed by atoms with van der Waals surface area (Å²) in [5, 5.41) is 3.99. The van der Waals surface area contributed by atoms with Crippen molar-refractivity contribution in [3.05, 3.63) is 34.9 Å². The van der Waals surface area contributed by atoms with Crippen LogP contribution in [-0.4, -0.2) is 19.1 Å². The molecule has 1 N–H and O–H groups in total. The van der Waals surface area contributed by atoms with E-state index in [-0.39, 0.29) is 18.1 Å². The predicted molar refractivity (Wildman–Crippen MR) is 62.4 cm³/mol. The Hall–Kier alpha value is -1.06. The van der Waals surface area contributed by atoms with Gasteiger partial charge in [-0.05, 0) is 30.5 Å². The van der Waals surface area contributed by atoms with Crippen LogP contribution < -0.4 is 5.32 Å². The zero-order valence-corrected chi connectivity index (χ0v) is 9.83. The van der Waals surface area contributed by atoms with Gasteiger partial charge in [0.05, 0.1) is 7.11 Å². The van der Waals surface area contributed by atoms with E-state index in [0.717, 1.165) is 23.4 Å². The number of rotatable bonds is 2. The standard InChI is InChI=1S/C12H14ClNO2/c1-16-12(15)11-7-6-10(14-11)8-2-4-9(13)5-3-8/h2-5,10-11,14H,6-7H2,1H3/t10-,11-/m0/s1. The monoisotopic (exact) mass is 239 g/mol. The lowest BCUT2D eigenvalue weighted by Gasteiger charge is -2.13. The second-order valence-corrected chi connectivity index (χ2v) is 4.36. The number of hydrogen-bond acceptors (Lipinski definition) is 3. The van der Waals surface area contributed by atoms with Crippen LogP contribution in [0.15, 0.2) is 24.3 Å². The van der Waals surface area contributed by atoms with Crippen molar-refractivity contribution in [2.45, 2.75) is 24.9 Å². The molecule has 0 saturated carbocycles. The summed E-state index contributed by atoms with van der Waals surface area (Å²) in [5.41, 5.74) is 1.16. The summed E-state index contributed by atoms with van der Waals surface area (Å²) in [7, 11) is 1.42. The van der Waals surface area contributed by atoms with Crippen molar-refractivity contribution in [1.29, 1.82) is 0 Å². The van der Waals surface area contributed by atoms with E-state index in [9.17, 15) is 4.79 Å². The number of benzene rings is 1. The van der Waals surface area contributed by atoms with Crippen LogP contribution in [0.4, 0.5) is 0 Å². The normalized spacial score (nSPS) is 24.4. The predicted octanol–water partition coefficient (Wildman–Crippen LogP) is 2.31. The lowest BCUT2D eigenvalue weighted by atomic mass is 10.1. The van der Waals surface area contributed by atoms with Crippen molar-refractivity contribution in [3.8, 4) is 0 Å². The number of carbonyl (C=O) groups excluding carboxylic acids is 1. The largest absolute Gasteiger partial charge is 0.468 e. The summed E-state index contributed by atoms with van der Waals surface area (Å²) >= 11 is 5.83. The van der Waals surface area contributed by atoms with Gasteiger partial charge in [-0.3, -0.25) is 10.1 Å². The molecule has 1 saturated heterocycles. The summed E-state index contributed by atoms with van der Waals surface area (Å²) in [6.45, 7) is 0.